The van der Waals surface area contributed by atoms with Crippen molar-refractivity contribution in [1.29, 1.82) is 0 Å². The minimum atomic E-state index is -3.35. The lowest BCUT2D eigenvalue weighted by molar-refractivity contribution is 0.0693. The van der Waals surface area contributed by atoms with E-state index < -0.39 is 16.0 Å². The number of benzene rings is 1. The first-order valence-corrected chi connectivity index (χ1v) is 6.91. The molecule has 0 amide bonds. The Morgan fingerprint density at radius 3 is 2.61 bits per heavy atom. The van der Waals surface area contributed by atoms with Crippen LogP contribution in [-0.4, -0.2) is 31.9 Å². The highest BCUT2D eigenvalue weighted by atomic mass is 32.2. The van der Waals surface area contributed by atoms with Crippen molar-refractivity contribution in [3.63, 3.8) is 0 Å². The zero-order valence-corrected chi connectivity index (χ0v) is 10.5. The van der Waals surface area contributed by atoms with E-state index in [4.69, 9.17) is 9.84 Å². The van der Waals surface area contributed by atoms with Crippen LogP contribution in [0.25, 0.3) is 0 Å². The van der Waals surface area contributed by atoms with Crippen LogP contribution in [0.2, 0.25) is 0 Å². The molecule has 1 fully saturated rings. The topological polar surface area (TPSA) is 92.7 Å². The van der Waals surface area contributed by atoms with E-state index in [0.29, 0.717) is 18.5 Å². The second-order valence-corrected chi connectivity index (χ2v) is 6.03. The molecule has 6 nitrogen and oxygen atoms in total. The summed E-state index contributed by atoms with van der Waals surface area (Å²) in [4.78, 5) is 10.9. The van der Waals surface area contributed by atoms with Crippen LogP contribution >= 0.6 is 0 Å². The number of hydrogen-bond donors (Lipinski definition) is 2. The van der Waals surface area contributed by atoms with E-state index in [-0.39, 0.29) is 16.6 Å². The molecule has 1 aliphatic rings. The van der Waals surface area contributed by atoms with Crippen LogP contribution in [0.1, 0.15) is 23.2 Å². The minimum Gasteiger partial charge on any atom is -0.496 e. The predicted octanol–water partition coefficient (Wildman–Crippen LogP) is 1.30. The largest absolute Gasteiger partial charge is 0.496 e. The van der Waals surface area contributed by atoms with Gasteiger partial charge in [0.15, 0.2) is 0 Å². The molecule has 0 saturated heterocycles. The van der Waals surface area contributed by atoms with E-state index in [2.05, 4.69) is 4.72 Å². The zero-order valence-electron chi connectivity index (χ0n) is 9.71. The third kappa shape index (κ3) is 2.56. The molecule has 0 aliphatic heterocycles. The smallest absolute Gasteiger partial charge is 0.339 e. The van der Waals surface area contributed by atoms with Gasteiger partial charge >= 0.3 is 5.97 Å². The lowest BCUT2D eigenvalue weighted by Crippen LogP contribution is -2.17. The van der Waals surface area contributed by atoms with E-state index in [1.54, 1.807) is 0 Å². The van der Waals surface area contributed by atoms with Crippen molar-refractivity contribution in [2.75, 3.05) is 11.8 Å². The number of rotatable bonds is 5. The molecule has 0 aromatic heterocycles. The minimum absolute atomic E-state index is 0.00753. The van der Waals surface area contributed by atoms with Gasteiger partial charge in [-0.25, -0.2) is 13.2 Å². The Labute approximate surface area is 105 Å². The monoisotopic (exact) mass is 271 g/mol. The lowest BCUT2D eigenvalue weighted by atomic mass is 10.2. The van der Waals surface area contributed by atoms with Gasteiger partial charge in [0.1, 0.15) is 11.3 Å². The molecule has 7 heteroatoms. The molecule has 0 bridgehead atoms. The number of carboxylic acid groups (broad SMARTS) is 1. The molecule has 0 atom stereocenters. The molecule has 18 heavy (non-hydrogen) atoms. The summed E-state index contributed by atoms with van der Waals surface area (Å²) in [5, 5.41) is 8.57. The number of nitrogens with one attached hydrogen (secondary N) is 1. The van der Waals surface area contributed by atoms with E-state index in [1.807, 2.05) is 0 Å². The normalized spacial score (nSPS) is 15.2. The Kier molecular flexibility index (Phi) is 3.16. The average Bonchev–Trinajstić information content (AvgIpc) is 3.11. The standard InChI is InChI=1S/C11H13NO5S/c1-17-10-6-7(2-5-9(10)11(13)14)12-18(15,16)8-3-4-8/h2,5-6,8,12H,3-4H2,1H3,(H,13,14). The van der Waals surface area contributed by atoms with Crippen LogP contribution in [0.5, 0.6) is 5.75 Å². The SMILES string of the molecule is COc1cc(NS(=O)(=O)C2CC2)ccc1C(=O)O. The Morgan fingerprint density at radius 1 is 1.44 bits per heavy atom. The molecule has 1 aliphatic carbocycles. The van der Waals surface area contributed by atoms with Crippen molar-refractivity contribution in [3.8, 4) is 5.75 Å². The van der Waals surface area contributed by atoms with Crippen LogP contribution < -0.4 is 9.46 Å². The van der Waals surface area contributed by atoms with Crippen molar-refractivity contribution < 1.29 is 23.1 Å². The molecule has 0 spiro atoms. The van der Waals surface area contributed by atoms with Gasteiger partial charge in [0.05, 0.1) is 18.0 Å². The highest BCUT2D eigenvalue weighted by molar-refractivity contribution is 7.93. The second kappa shape index (κ2) is 4.49. The first-order valence-electron chi connectivity index (χ1n) is 5.37. The summed E-state index contributed by atoms with van der Waals surface area (Å²) >= 11 is 0. The highest BCUT2D eigenvalue weighted by Crippen LogP contribution is 2.31. The quantitative estimate of drug-likeness (QED) is 0.842. The number of anilines is 1. The number of ether oxygens (including phenoxy) is 1. The van der Waals surface area contributed by atoms with Gasteiger partial charge in [0, 0.05) is 6.07 Å². The molecule has 2 rings (SSSR count). The van der Waals surface area contributed by atoms with E-state index in [1.165, 1.54) is 25.3 Å². The first kappa shape index (κ1) is 12.7. The van der Waals surface area contributed by atoms with Crippen LogP contribution in [0.15, 0.2) is 18.2 Å². The van der Waals surface area contributed by atoms with Crippen molar-refractivity contribution in [2.45, 2.75) is 18.1 Å². The summed E-state index contributed by atoms with van der Waals surface area (Å²) in [6, 6.07) is 4.08. The number of carboxylic acids is 1. The Bertz CT molecular complexity index is 577. The van der Waals surface area contributed by atoms with E-state index >= 15 is 0 Å². The fraction of sp³-hybridized carbons (Fsp3) is 0.364. The van der Waals surface area contributed by atoms with E-state index in [9.17, 15) is 13.2 Å². The fourth-order valence-corrected chi connectivity index (χ4v) is 2.94. The number of sulfonamides is 1. The van der Waals surface area contributed by atoms with Gasteiger partial charge < -0.3 is 9.84 Å². The summed E-state index contributed by atoms with van der Waals surface area (Å²) < 4.78 is 30.8. The summed E-state index contributed by atoms with van der Waals surface area (Å²) in [6.45, 7) is 0. The summed E-state index contributed by atoms with van der Waals surface area (Å²) in [6.07, 6.45) is 1.33. The van der Waals surface area contributed by atoms with Gasteiger partial charge in [-0.15, -0.1) is 0 Å². The fourth-order valence-electron chi connectivity index (χ4n) is 1.56. The number of carbonyl (C=O) groups is 1. The maximum atomic E-state index is 11.7. The lowest BCUT2D eigenvalue weighted by Gasteiger charge is -2.10. The van der Waals surface area contributed by atoms with Gasteiger partial charge in [-0.1, -0.05) is 0 Å². The third-order valence-electron chi connectivity index (χ3n) is 2.66. The molecular formula is C11H13NO5S. The van der Waals surface area contributed by atoms with Crippen molar-refractivity contribution in [3.05, 3.63) is 23.8 Å². The van der Waals surface area contributed by atoms with Crippen LogP contribution in [0.3, 0.4) is 0 Å². The molecule has 98 valence electrons. The third-order valence-corrected chi connectivity index (χ3v) is 4.52. The molecule has 1 saturated carbocycles. The zero-order chi connectivity index (χ0) is 13.3. The van der Waals surface area contributed by atoms with Crippen molar-refractivity contribution in [1.82, 2.24) is 0 Å². The number of hydrogen-bond acceptors (Lipinski definition) is 4. The summed E-state index contributed by atoms with van der Waals surface area (Å²) in [5.74, 6) is -0.998. The Hall–Kier alpha value is -1.76. The molecular weight excluding hydrogens is 258 g/mol. The van der Waals surface area contributed by atoms with Crippen LogP contribution in [0.4, 0.5) is 5.69 Å². The Morgan fingerprint density at radius 2 is 2.11 bits per heavy atom. The van der Waals surface area contributed by atoms with Crippen LogP contribution in [0, 0.1) is 0 Å². The molecule has 1 aromatic carbocycles. The molecule has 0 radical (unpaired) electrons. The maximum absolute atomic E-state index is 11.7. The van der Waals surface area contributed by atoms with Crippen LogP contribution in [-0.2, 0) is 10.0 Å². The summed E-state index contributed by atoms with van der Waals surface area (Å²) in [7, 11) is -2.02. The Balaban J connectivity index is 2.27. The van der Waals surface area contributed by atoms with Gasteiger partial charge in [-0.2, -0.15) is 0 Å². The van der Waals surface area contributed by atoms with Gasteiger partial charge in [0.2, 0.25) is 10.0 Å². The van der Waals surface area contributed by atoms with Gasteiger partial charge in [0.25, 0.3) is 0 Å². The summed E-state index contributed by atoms with van der Waals surface area (Å²) in [5.41, 5.74) is 0.301. The highest BCUT2D eigenvalue weighted by Gasteiger charge is 2.35. The van der Waals surface area contributed by atoms with Gasteiger partial charge in [-0.3, -0.25) is 4.72 Å². The average molecular weight is 271 g/mol. The van der Waals surface area contributed by atoms with Crippen molar-refractivity contribution >= 4 is 21.7 Å². The maximum Gasteiger partial charge on any atom is 0.339 e. The molecule has 2 N–H and O–H groups in total. The molecule has 1 aromatic rings. The molecule has 0 unspecified atom stereocenters. The second-order valence-electron chi connectivity index (χ2n) is 4.07. The van der Waals surface area contributed by atoms with Crippen molar-refractivity contribution in [2.24, 2.45) is 0 Å². The number of aromatic carboxylic acids is 1. The van der Waals surface area contributed by atoms with Gasteiger partial charge in [-0.05, 0) is 25.0 Å². The number of methoxy groups -OCH3 is 1. The first-order chi connectivity index (χ1) is 8.44. The van der Waals surface area contributed by atoms with E-state index in [0.717, 1.165) is 0 Å². The molecule has 0 heterocycles. The predicted molar refractivity (Wildman–Crippen MR) is 65.5 cm³/mol.